The Hall–Kier alpha value is -3.52. The number of rotatable bonds is 5. The van der Waals surface area contributed by atoms with Crippen molar-refractivity contribution in [2.45, 2.75) is 26.3 Å². The highest BCUT2D eigenvalue weighted by atomic mass is 79.9. The third-order valence-electron chi connectivity index (χ3n) is 4.29. The highest BCUT2D eigenvalue weighted by molar-refractivity contribution is 9.10. The predicted octanol–water partition coefficient (Wildman–Crippen LogP) is 4.85. The van der Waals surface area contributed by atoms with Gasteiger partial charge < -0.3 is 16.4 Å². The summed E-state index contributed by atoms with van der Waals surface area (Å²) in [7, 11) is 0. The van der Waals surface area contributed by atoms with Crippen LogP contribution in [0.3, 0.4) is 0 Å². The number of hydrogen-bond donors (Lipinski definition) is 3. The third-order valence-corrected chi connectivity index (χ3v) is 4.76. The largest absolute Gasteiger partial charge is 0.383 e. The van der Waals surface area contributed by atoms with E-state index in [0.29, 0.717) is 28.5 Å². The minimum atomic E-state index is -0.378. The molecule has 7 nitrogen and oxygen atoms in total. The van der Waals surface area contributed by atoms with Crippen LogP contribution in [0.2, 0.25) is 0 Å². The number of benzene rings is 2. The van der Waals surface area contributed by atoms with Crippen LogP contribution in [0.15, 0.2) is 76.3 Å². The quantitative estimate of drug-likeness (QED) is 0.348. The lowest BCUT2D eigenvalue weighted by atomic mass is 10.1. The number of amides is 2. The standard InChI is InChI=1S/C24H24BrN5O2/c1-24(2,3)30-21(26)15-8-10-16(11-9-15)22(31)28-19-7-5-4-6-18(19)23(32)29-20-13-12-17(25)14-27-20/h4-14H,1-3H3,(H2,26,30)(H,28,31)(H,27,29,32). The first-order valence-corrected chi connectivity index (χ1v) is 10.7. The van der Waals surface area contributed by atoms with Crippen molar-refractivity contribution in [1.29, 1.82) is 0 Å². The van der Waals surface area contributed by atoms with Gasteiger partial charge in [0.05, 0.1) is 16.8 Å². The zero-order valence-electron chi connectivity index (χ0n) is 18.0. The number of carbonyl (C=O) groups is 2. The maximum Gasteiger partial charge on any atom is 0.258 e. The zero-order chi connectivity index (χ0) is 23.3. The Kier molecular flexibility index (Phi) is 7.05. The molecule has 0 fully saturated rings. The number of amidine groups is 1. The van der Waals surface area contributed by atoms with Crippen molar-refractivity contribution in [2.24, 2.45) is 10.7 Å². The van der Waals surface area contributed by atoms with Crippen LogP contribution in [-0.2, 0) is 0 Å². The summed E-state index contributed by atoms with van der Waals surface area (Å²) in [6.07, 6.45) is 1.59. The van der Waals surface area contributed by atoms with E-state index in [4.69, 9.17) is 5.73 Å². The fourth-order valence-electron chi connectivity index (χ4n) is 2.84. The Labute approximate surface area is 195 Å². The minimum absolute atomic E-state index is 0.295. The Morgan fingerprint density at radius 2 is 1.56 bits per heavy atom. The van der Waals surface area contributed by atoms with E-state index < -0.39 is 0 Å². The van der Waals surface area contributed by atoms with Crippen molar-refractivity contribution in [1.82, 2.24) is 4.98 Å². The van der Waals surface area contributed by atoms with Crippen LogP contribution in [-0.4, -0.2) is 28.2 Å². The summed E-state index contributed by atoms with van der Waals surface area (Å²) in [5.41, 5.74) is 7.64. The second kappa shape index (κ2) is 9.74. The van der Waals surface area contributed by atoms with Gasteiger partial charge in [-0.25, -0.2) is 4.98 Å². The normalized spacial score (nSPS) is 11.7. The molecule has 3 rings (SSSR count). The number of aliphatic imine (C=N–C) groups is 1. The van der Waals surface area contributed by atoms with Crippen LogP contribution in [0.1, 0.15) is 47.1 Å². The number of nitrogens with two attached hydrogens (primary N) is 1. The van der Waals surface area contributed by atoms with Gasteiger partial charge in [0.1, 0.15) is 11.7 Å². The number of nitrogens with one attached hydrogen (secondary N) is 2. The molecule has 0 radical (unpaired) electrons. The lowest BCUT2D eigenvalue weighted by Crippen LogP contribution is -2.21. The molecule has 0 aliphatic rings. The van der Waals surface area contributed by atoms with Crippen LogP contribution >= 0.6 is 15.9 Å². The van der Waals surface area contributed by atoms with E-state index in [2.05, 4.69) is 36.5 Å². The molecule has 2 amide bonds. The highest BCUT2D eigenvalue weighted by Crippen LogP contribution is 2.19. The Morgan fingerprint density at radius 3 is 2.19 bits per heavy atom. The van der Waals surface area contributed by atoms with E-state index in [1.165, 1.54) is 0 Å². The van der Waals surface area contributed by atoms with Crippen molar-refractivity contribution in [3.05, 3.63) is 88.0 Å². The number of anilines is 2. The molecule has 0 atom stereocenters. The molecule has 1 heterocycles. The van der Waals surface area contributed by atoms with Crippen LogP contribution < -0.4 is 16.4 Å². The molecule has 32 heavy (non-hydrogen) atoms. The van der Waals surface area contributed by atoms with Crippen LogP contribution in [0.4, 0.5) is 11.5 Å². The number of para-hydroxylation sites is 1. The molecule has 0 spiro atoms. The van der Waals surface area contributed by atoms with Gasteiger partial charge in [-0.3, -0.25) is 14.6 Å². The molecule has 164 valence electrons. The van der Waals surface area contributed by atoms with E-state index in [0.717, 1.165) is 10.0 Å². The molecule has 1 aromatic heterocycles. The van der Waals surface area contributed by atoms with E-state index >= 15 is 0 Å². The Bertz CT molecular complexity index is 1150. The Morgan fingerprint density at radius 1 is 0.906 bits per heavy atom. The van der Waals surface area contributed by atoms with Crippen molar-refractivity contribution in [3.8, 4) is 0 Å². The molecule has 3 aromatic rings. The maximum atomic E-state index is 12.8. The summed E-state index contributed by atoms with van der Waals surface area (Å²) in [6.45, 7) is 5.88. The number of halogens is 1. The SMILES string of the molecule is CC(C)(C)N=C(N)c1ccc(C(=O)Nc2ccccc2C(=O)Nc2ccc(Br)cn2)cc1. The second-order valence-electron chi connectivity index (χ2n) is 8.06. The predicted molar refractivity (Wildman–Crippen MR) is 131 cm³/mol. The number of nitrogens with zero attached hydrogens (tertiary/aromatic N) is 2. The second-order valence-corrected chi connectivity index (χ2v) is 8.98. The van der Waals surface area contributed by atoms with Gasteiger partial charge in [0.2, 0.25) is 0 Å². The first-order chi connectivity index (χ1) is 15.1. The van der Waals surface area contributed by atoms with E-state index in [-0.39, 0.29) is 17.4 Å². The van der Waals surface area contributed by atoms with Gasteiger partial charge in [0.25, 0.3) is 11.8 Å². The smallest absolute Gasteiger partial charge is 0.258 e. The molecule has 0 bridgehead atoms. The summed E-state index contributed by atoms with van der Waals surface area (Å²) < 4.78 is 0.806. The summed E-state index contributed by atoms with van der Waals surface area (Å²) in [4.78, 5) is 34.1. The first-order valence-electron chi connectivity index (χ1n) is 9.91. The van der Waals surface area contributed by atoms with E-state index in [9.17, 15) is 9.59 Å². The number of aromatic nitrogens is 1. The number of hydrogen-bond acceptors (Lipinski definition) is 4. The van der Waals surface area contributed by atoms with Crippen molar-refractivity contribution < 1.29 is 9.59 Å². The molecular weight excluding hydrogens is 470 g/mol. The molecule has 4 N–H and O–H groups in total. The maximum absolute atomic E-state index is 12.8. The summed E-state index contributed by atoms with van der Waals surface area (Å²) in [5, 5.41) is 5.53. The molecule has 0 unspecified atom stereocenters. The van der Waals surface area contributed by atoms with Gasteiger partial charge >= 0.3 is 0 Å². The van der Waals surface area contributed by atoms with Crippen molar-refractivity contribution in [3.63, 3.8) is 0 Å². The zero-order valence-corrected chi connectivity index (χ0v) is 19.6. The van der Waals surface area contributed by atoms with Gasteiger partial charge in [-0.05, 0) is 73.1 Å². The third kappa shape index (κ3) is 6.24. The fraction of sp³-hybridized carbons (Fsp3) is 0.167. The summed E-state index contributed by atoms with van der Waals surface area (Å²) in [5.74, 6) is 0.0968. The molecule has 0 saturated heterocycles. The van der Waals surface area contributed by atoms with Gasteiger partial charge in [-0.1, -0.05) is 24.3 Å². The molecule has 0 aliphatic carbocycles. The number of pyridine rings is 1. The summed E-state index contributed by atoms with van der Waals surface area (Å²) in [6, 6.07) is 17.1. The summed E-state index contributed by atoms with van der Waals surface area (Å²) >= 11 is 3.31. The van der Waals surface area contributed by atoms with Gasteiger partial charge in [-0.15, -0.1) is 0 Å². The van der Waals surface area contributed by atoms with Crippen molar-refractivity contribution >= 4 is 45.1 Å². The number of carbonyl (C=O) groups excluding carboxylic acids is 2. The lowest BCUT2D eigenvalue weighted by Gasteiger charge is -2.14. The highest BCUT2D eigenvalue weighted by Gasteiger charge is 2.15. The Balaban J connectivity index is 1.75. The molecular formula is C24H24BrN5O2. The van der Waals surface area contributed by atoms with Crippen LogP contribution in [0, 0.1) is 0 Å². The fourth-order valence-corrected chi connectivity index (χ4v) is 3.07. The topological polar surface area (TPSA) is 109 Å². The first kappa shape index (κ1) is 23.1. The van der Waals surface area contributed by atoms with E-state index in [1.54, 1.807) is 66.9 Å². The molecule has 0 aliphatic heterocycles. The van der Waals surface area contributed by atoms with Crippen molar-refractivity contribution in [2.75, 3.05) is 10.6 Å². The average molecular weight is 494 g/mol. The van der Waals surface area contributed by atoms with Gasteiger partial charge in [-0.2, -0.15) is 0 Å². The van der Waals surface area contributed by atoms with Crippen LogP contribution in [0.5, 0.6) is 0 Å². The average Bonchev–Trinajstić information content (AvgIpc) is 2.74. The molecule has 8 heteroatoms. The monoisotopic (exact) mass is 493 g/mol. The van der Waals surface area contributed by atoms with Gasteiger partial charge in [0.15, 0.2) is 0 Å². The molecule has 2 aromatic carbocycles. The van der Waals surface area contributed by atoms with Gasteiger partial charge in [0, 0.05) is 21.8 Å². The van der Waals surface area contributed by atoms with Crippen LogP contribution in [0.25, 0.3) is 0 Å². The minimum Gasteiger partial charge on any atom is -0.383 e. The van der Waals surface area contributed by atoms with E-state index in [1.807, 2.05) is 20.8 Å². The lowest BCUT2D eigenvalue weighted by molar-refractivity contribution is 0.102. The molecule has 0 saturated carbocycles.